The fourth-order valence-electron chi connectivity index (χ4n) is 3.17. The molecule has 0 atom stereocenters. The van der Waals surface area contributed by atoms with Crippen LogP contribution in [0.2, 0.25) is 5.02 Å². The van der Waals surface area contributed by atoms with Crippen molar-refractivity contribution in [2.75, 3.05) is 11.9 Å². The number of hydrogen-bond acceptors (Lipinski definition) is 5. The summed E-state index contributed by atoms with van der Waals surface area (Å²) in [4.78, 5) is 12.2. The summed E-state index contributed by atoms with van der Waals surface area (Å²) in [6.45, 7) is 6.37. The van der Waals surface area contributed by atoms with E-state index in [0.29, 0.717) is 28.2 Å². The van der Waals surface area contributed by atoms with Gasteiger partial charge in [-0.3, -0.25) is 4.79 Å². The molecule has 1 N–H and O–H groups in total. The standard InChI is InChI=1S/C26H24ClN3O3/c1-26(2,3)19-12-8-17(9-13-19)24-29-30-25(33-24)18-10-14-20(15-11-18)28-23(31)16-32-22-7-5-4-6-21(22)27/h4-15H,16H2,1-3H3,(H,28,31). The molecular weight excluding hydrogens is 438 g/mol. The monoisotopic (exact) mass is 461 g/mol. The number of nitrogens with one attached hydrogen (secondary N) is 1. The zero-order valence-electron chi connectivity index (χ0n) is 18.6. The molecule has 1 aromatic heterocycles. The van der Waals surface area contributed by atoms with E-state index < -0.39 is 0 Å². The number of hydrogen-bond donors (Lipinski definition) is 1. The summed E-state index contributed by atoms with van der Waals surface area (Å²) in [5.41, 5.74) is 3.57. The number of rotatable bonds is 6. The van der Waals surface area contributed by atoms with Crippen LogP contribution in [0, 0.1) is 0 Å². The van der Waals surface area contributed by atoms with Crippen molar-refractivity contribution in [3.05, 3.63) is 83.4 Å². The third-order valence-electron chi connectivity index (χ3n) is 5.03. The van der Waals surface area contributed by atoms with E-state index in [1.165, 1.54) is 5.56 Å². The molecule has 168 valence electrons. The lowest BCUT2D eigenvalue weighted by molar-refractivity contribution is -0.118. The molecule has 1 amide bonds. The van der Waals surface area contributed by atoms with Gasteiger partial charge in [0.2, 0.25) is 11.8 Å². The molecule has 33 heavy (non-hydrogen) atoms. The summed E-state index contributed by atoms with van der Waals surface area (Å²) in [6.07, 6.45) is 0. The minimum absolute atomic E-state index is 0.0798. The Labute approximate surface area is 197 Å². The molecule has 6 nitrogen and oxygen atoms in total. The molecule has 0 radical (unpaired) electrons. The topological polar surface area (TPSA) is 77.2 Å². The second-order valence-electron chi connectivity index (χ2n) is 8.58. The number of carbonyl (C=O) groups is 1. The molecule has 4 aromatic rings. The molecule has 0 fully saturated rings. The molecule has 0 aliphatic rings. The van der Waals surface area contributed by atoms with Crippen molar-refractivity contribution >= 4 is 23.2 Å². The minimum atomic E-state index is -0.290. The highest BCUT2D eigenvalue weighted by molar-refractivity contribution is 6.32. The van der Waals surface area contributed by atoms with Crippen LogP contribution >= 0.6 is 11.6 Å². The van der Waals surface area contributed by atoms with E-state index in [1.807, 2.05) is 24.3 Å². The highest BCUT2D eigenvalue weighted by Crippen LogP contribution is 2.28. The van der Waals surface area contributed by atoms with E-state index in [2.05, 4.69) is 48.4 Å². The van der Waals surface area contributed by atoms with Gasteiger partial charge in [-0.25, -0.2) is 0 Å². The summed E-state index contributed by atoms with van der Waals surface area (Å²) in [7, 11) is 0. The van der Waals surface area contributed by atoms with Crippen molar-refractivity contribution in [2.45, 2.75) is 26.2 Å². The van der Waals surface area contributed by atoms with Crippen LogP contribution in [-0.2, 0) is 10.2 Å². The van der Waals surface area contributed by atoms with Gasteiger partial charge in [0.1, 0.15) is 5.75 Å². The predicted molar refractivity (Wildman–Crippen MR) is 129 cm³/mol. The third kappa shape index (κ3) is 5.59. The van der Waals surface area contributed by atoms with Crippen molar-refractivity contribution in [1.82, 2.24) is 10.2 Å². The summed E-state index contributed by atoms with van der Waals surface area (Å²) in [5, 5.41) is 11.6. The average Bonchev–Trinajstić information content (AvgIpc) is 3.29. The molecule has 0 bridgehead atoms. The maximum atomic E-state index is 12.2. The first-order valence-corrected chi connectivity index (χ1v) is 10.9. The van der Waals surface area contributed by atoms with Crippen LogP contribution in [0.15, 0.2) is 77.2 Å². The van der Waals surface area contributed by atoms with Crippen LogP contribution in [0.5, 0.6) is 5.75 Å². The van der Waals surface area contributed by atoms with Crippen LogP contribution in [0.25, 0.3) is 22.9 Å². The predicted octanol–water partition coefficient (Wildman–Crippen LogP) is 6.37. The quantitative estimate of drug-likeness (QED) is 0.361. The Morgan fingerprint density at radius 2 is 1.48 bits per heavy atom. The van der Waals surface area contributed by atoms with Gasteiger partial charge in [-0.05, 0) is 59.5 Å². The molecule has 4 rings (SSSR count). The van der Waals surface area contributed by atoms with Gasteiger partial charge < -0.3 is 14.5 Å². The molecule has 7 heteroatoms. The van der Waals surface area contributed by atoms with Gasteiger partial charge in [-0.15, -0.1) is 10.2 Å². The smallest absolute Gasteiger partial charge is 0.262 e. The van der Waals surface area contributed by atoms with Crippen LogP contribution in [-0.4, -0.2) is 22.7 Å². The van der Waals surface area contributed by atoms with E-state index in [-0.39, 0.29) is 17.9 Å². The number of ether oxygens (including phenoxy) is 1. The maximum Gasteiger partial charge on any atom is 0.262 e. The first-order valence-electron chi connectivity index (χ1n) is 10.5. The van der Waals surface area contributed by atoms with E-state index in [9.17, 15) is 4.79 Å². The fourth-order valence-corrected chi connectivity index (χ4v) is 3.36. The first-order chi connectivity index (χ1) is 15.8. The van der Waals surface area contributed by atoms with Gasteiger partial charge in [-0.2, -0.15) is 0 Å². The maximum absolute atomic E-state index is 12.2. The molecule has 0 saturated heterocycles. The van der Waals surface area contributed by atoms with Crippen LogP contribution in [0.4, 0.5) is 5.69 Å². The molecule has 0 spiro atoms. The third-order valence-corrected chi connectivity index (χ3v) is 5.35. The summed E-state index contributed by atoms with van der Waals surface area (Å²) < 4.78 is 11.3. The lowest BCUT2D eigenvalue weighted by atomic mass is 9.87. The largest absolute Gasteiger partial charge is 0.482 e. The SMILES string of the molecule is CC(C)(C)c1ccc(-c2nnc(-c3ccc(NC(=O)COc4ccccc4Cl)cc3)o2)cc1. The lowest BCUT2D eigenvalue weighted by Crippen LogP contribution is -2.20. The highest BCUT2D eigenvalue weighted by atomic mass is 35.5. The summed E-state index contributed by atoms with van der Waals surface area (Å²) in [5.74, 6) is 1.04. The van der Waals surface area contributed by atoms with Crippen molar-refractivity contribution in [2.24, 2.45) is 0 Å². The number of aromatic nitrogens is 2. The zero-order chi connectivity index (χ0) is 23.4. The Hall–Kier alpha value is -3.64. The Bertz CT molecular complexity index is 1240. The number of para-hydroxylation sites is 1. The number of benzene rings is 3. The average molecular weight is 462 g/mol. The molecule has 1 heterocycles. The number of nitrogens with zero attached hydrogens (tertiary/aromatic N) is 2. The van der Waals surface area contributed by atoms with Crippen LogP contribution < -0.4 is 10.1 Å². The molecular formula is C26H24ClN3O3. The molecule has 0 saturated carbocycles. The Morgan fingerprint density at radius 3 is 2.06 bits per heavy atom. The van der Waals surface area contributed by atoms with Gasteiger partial charge in [0.05, 0.1) is 5.02 Å². The number of carbonyl (C=O) groups excluding carboxylic acids is 1. The van der Waals surface area contributed by atoms with Crippen molar-refractivity contribution in [1.29, 1.82) is 0 Å². The van der Waals surface area contributed by atoms with Crippen LogP contribution in [0.1, 0.15) is 26.3 Å². The van der Waals surface area contributed by atoms with Crippen molar-refractivity contribution in [3.8, 4) is 28.7 Å². The van der Waals surface area contributed by atoms with E-state index in [4.69, 9.17) is 20.8 Å². The molecule has 0 aliphatic heterocycles. The minimum Gasteiger partial charge on any atom is -0.482 e. The van der Waals surface area contributed by atoms with E-state index in [0.717, 1.165) is 11.1 Å². The van der Waals surface area contributed by atoms with Gasteiger partial charge in [0, 0.05) is 16.8 Å². The fraction of sp³-hybridized carbons (Fsp3) is 0.192. The Kier molecular flexibility index (Phi) is 6.47. The van der Waals surface area contributed by atoms with Crippen molar-refractivity contribution in [3.63, 3.8) is 0 Å². The first kappa shape index (κ1) is 22.6. The zero-order valence-corrected chi connectivity index (χ0v) is 19.4. The van der Waals surface area contributed by atoms with Crippen LogP contribution in [0.3, 0.4) is 0 Å². The van der Waals surface area contributed by atoms with Gasteiger partial charge in [0.15, 0.2) is 6.61 Å². The molecule has 0 aliphatic carbocycles. The number of halogens is 1. The van der Waals surface area contributed by atoms with Gasteiger partial charge >= 0.3 is 0 Å². The van der Waals surface area contributed by atoms with Gasteiger partial charge in [-0.1, -0.05) is 56.6 Å². The normalized spacial score (nSPS) is 11.3. The van der Waals surface area contributed by atoms with Gasteiger partial charge in [0.25, 0.3) is 5.91 Å². The molecule has 3 aromatic carbocycles. The number of amides is 1. The highest BCUT2D eigenvalue weighted by Gasteiger charge is 2.15. The number of anilines is 1. The summed E-state index contributed by atoms with van der Waals surface area (Å²) >= 11 is 6.03. The van der Waals surface area contributed by atoms with E-state index in [1.54, 1.807) is 36.4 Å². The second-order valence-corrected chi connectivity index (χ2v) is 8.99. The van der Waals surface area contributed by atoms with E-state index >= 15 is 0 Å². The summed E-state index contributed by atoms with van der Waals surface area (Å²) in [6, 6.07) is 22.3. The Balaban J connectivity index is 1.38. The lowest BCUT2D eigenvalue weighted by Gasteiger charge is -2.18. The Morgan fingerprint density at radius 1 is 0.909 bits per heavy atom. The van der Waals surface area contributed by atoms with Crippen molar-refractivity contribution < 1.29 is 13.9 Å². The molecule has 0 unspecified atom stereocenters. The second kappa shape index (κ2) is 9.46.